The first-order valence-electron chi connectivity index (χ1n) is 20.4. The lowest BCUT2D eigenvalue weighted by atomic mass is 9.81. The number of thiophene rings is 1. The van der Waals surface area contributed by atoms with Crippen LogP contribution >= 0.6 is 11.3 Å². The minimum atomic E-state index is -0.160. The zero-order valence-electron chi connectivity index (χ0n) is 33.0. The van der Waals surface area contributed by atoms with Crippen molar-refractivity contribution < 1.29 is 0 Å². The molecule has 0 radical (unpaired) electrons. The fourth-order valence-electron chi connectivity index (χ4n) is 9.18. The molecular weight excluding hydrogens is 731 g/mol. The number of para-hydroxylation sites is 1. The highest BCUT2D eigenvalue weighted by Crippen LogP contribution is 2.51. The summed E-state index contributed by atoms with van der Waals surface area (Å²) in [6.45, 7) is 4.73. The van der Waals surface area contributed by atoms with Gasteiger partial charge in [0.1, 0.15) is 0 Å². The number of nitrogens with one attached hydrogen (secondary N) is 1. The van der Waals surface area contributed by atoms with E-state index in [2.05, 4.69) is 225 Å². The molecule has 2 heteroatoms. The highest BCUT2D eigenvalue weighted by atomic mass is 32.1. The molecule has 0 atom stereocenters. The maximum absolute atomic E-state index is 3.90. The Morgan fingerprint density at radius 2 is 0.864 bits per heavy atom. The van der Waals surface area contributed by atoms with Crippen LogP contribution in [0.15, 0.2) is 206 Å². The van der Waals surface area contributed by atoms with Crippen LogP contribution in [-0.4, -0.2) is 0 Å². The maximum atomic E-state index is 3.90. The molecule has 59 heavy (non-hydrogen) atoms. The van der Waals surface area contributed by atoms with Gasteiger partial charge in [-0.3, -0.25) is 0 Å². The quantitative estimate of drug-likeness (QED) is 0.170. The SMILES string of the molecule is CC1(C)c2cc(Nc3ccccc3-c3ccc(-c4ccccc4)cc3-c3ccc4sc5ccccc5c4c3)ccc2-c2ccc(-c3ccc(-c4ccccc4)cc3)cc21. The van der Waals surface area contributed by atoms with Crippen molar-refractivity contribution in [3.8, 4) is 66.8 Å². The summed E-state index contributed by atoms with van der Waals surface area (Å²) in [4.78, 5) is 0. The second kappa shape index (κ2) is 14.1. The van der Waals surface area contributed by atoms with E-state index in [1.54, 1.807) is 0 Å². The molecule has 1 aliphatic rings. The third kappa shape index (κ3) is 6.16. The lowest BCUT2D eigenvalue weighted by Gasteiger charge is -2.23. The molecule has 10 aromatic rings. The fraction of sp³-hybridized carbons (Fsp3) is 0.0526. The van der Waals surface area contributed by atoms with E-state index in [-0.39, 0.29) is 5.41 Å². The van der Waals surface area contributed by atoms with Crippen LogP contribution in [0.3, 0.4) is 0 Å². The summed E-state index contributed by atoms with van der Waals surface area (Å²) in [5, 5.41) is 6.52. The minimum absolute atomic E-state index is 0.160. The summed E-state index contributed by atoms with van der Waals surface area (Å²) in [5.74, 6) is 0. The third-order valence-electron chi connectivity index (χ3n) is 12.3. The minimum Gasteiger partial charge on any atom is -0.355 e. The van der Waals surface area contributed by atoms with Crippen LogP contribution in [0.2, 0.25) is 0 Å². The first kappa shape index (κ1) is 35.2. The molecule has 0 bridgehead atoms. The van der Waals surface area contributed by atoms with Crippen molar-refractivity contribution in [2.45, 2.75) is 19.3 Å². The van der Waals surface area contributed by atoms with Gasteiger partial charge in [-0.05, 0) is 121 Å². The Kier molecular flexibility index (Phi) is 8.43. The topological polar surface area (TPSA) is 12.0 Å². The number of anilines is 2. The van der Waals surface area contributed by atoms with E-state index >= 15 is 0 Å². The molecule has 1 N–H and O–H groups in total. The van der Waals surface area contributed by atoms with Gasteiger partial charge in [0.2, 0.25) is 0 Å². The molecule has 0 spiro atoms. The summed E-state index contributed by atoms with van der Waals surface area (Å²) >= 11 is 1.86. The molecule has 1 nitrogen and oxygen atoms in total. The van der Waals surface area contributed by atoms with E-state index < -0.39 is 0 Å². The van der Waals surface area contributed by atoms with Gasteiger partial charge in [-0.15, -0.1) is 11.3 Å². The fourth-order valence-corrected chi connectivity index (χ4v) is 10.3. The Labute approximate surface area is 349 Å². The third-order valence-corrected chi connectivity index (χ3v) is 13.5. The van der Waals surface area contributed by atoms with Crippen molar-refractivity contribution in [2.24, 2.45) is 0 Å². The van der Waals surface area contributed by atoms with Crippen molar-refractivity contribution in [3.63, 3.8) is 0 Å². The zero-order valence-corrected chi connectivity index (χ0v) is 33.9. The monoisotopic (exact) mass is 771 g/mol. The molecule has 1 heterocycles. The molecular formula is C57H41NS. The average Bonchev–Trinajstić information content (AvgIpc) is 3.77. The van der Waals surface area contributed by atoms with Gasteiger partial charge in [-0.2, -0.15) is 0 Å². The average molecular weight is 772 g/mol. The van der Waals surface area contributed by atoms with Crippen LogP contribution in [0.5, 0.6) is 0 Å². The number of rotatable bonds is 7. The molecule has 0 saturated heterocycles. The first-order chi connectivity index (χ1) is 29.0. The van der Waals surface area contributed by atoms with Crippen molar-refractivity contribution in [1.29, 1.82) is 0 Å². The predicted octanol–water partition coefficient (Wildman–Crippen LogP) is 16.4. The first-order valence-corrected chi connectivity index (χ1v) is 21.2. The molecule has 0 fully saturated rings. The Morgan fingerprint density at radius 1 is 0.339 bits per heavy atom. The Bertz CT molecular complexity index is 3190. The summed E-state index contributed by atoms with van der Waals surface area (Å²) in [6.07, 6.45) is 0. The van der Waals surface area contributed by atoms with E-state index in [0.717, 1.165) is 11.4 Å². The summed E-state index contributed by atoms with van der Waals surface area (Å²) in [5.41, 5.74) is 19.5. The highest BCUT2D eigenvalue weighted by Gasteiger charge is 2.36. The molecule has 0 aliphatic heterocycles. The molecule has 9 aromatic carbocycles. The molecule has 1 aliphatic carbocycles. The van der Waals surface area contributed by atoms with Crippen molar-refractivity contribution in [2.75, 3.05) is 5.32 Å². The van der Waals surface area contributed by atoms with Crippen LogP contribution in [0, 0.1) is 0 Å². The van der Waals surface area contributed by atoms with E-state index in [1.165, 1.54) is 98.1 Å². The van der Waals surface area contributed by atoms with E-state index in [9.17, 15) is 0 Å². The van der Waals surface area contributed by atoms with Gasteiger partial charge in [0.25, 0.3) is 0 Å². The van der Waals surface area contributed by atoms with Crippen LogP contribution in [0.1, 0.15) is 25.0 Å². The number of benzene rings is 9. The lowest BCUT2D eigenvalue weighted by molar-refractivity contribution is 0.661. The Balaban J connectivity index is 0.952. The number of fused-ring (bicyclic) bond motifs is 6. The zero-order chi connectivity index (χ0) is 39.5. The Hall–Kier alpha value is -7.00. The predicted molar refractivity (Wildman–Crippen MR) is 254 cm³/mol. The van der Waals surface area contributed by atoms with Crippen LogP contribution < -0.4 is 5.32 Å². The van der Waals surface area contributed by atoms with Crippen molar-refractivity contribution in [1.82, 2.24) is 0 Å². The van der Waals surface area contributed by atoms with Gasteiger partial charge in [0.15, 0.2) is 0 Å². The van der Waals surface area contributed by atoms with Gasteiger partial charge in [0.05, 0.1) is 0 Å². The largest absolute Gasteiger partial charge is 0.355 e. The highest BCUT2D eigenvalue weighted by molar-refractivity contribution is 7.25. The molecule has 0 saturated carbocycles. The number of hydrogen-bond donors (Lipinski definition) is 1. The Morgan fingerprint density at radius 3 is 1.63 bits per heavy atom. The van der Waals surface area contributed by atoms with Gasteiger partial charge < -0.3 is 5.32 Å². The van der Waals surface area contributed by atoms with E-state index in [4.69, 9.17) is 0 Å². The smallest absolute Gasteiger partial charge is 0.0464 e. The van der Waals surface area contributed by atoms with Gasteiger partial charge in [-0.25, -0.2) is 0 Å². The molecule has 0 unspecified atom stereocenters. The normalized spacial score (nSPS) is 12.7. The summed E-state index contributed by atoms with van der Waals surface area (Å²) in [6, 6.07) is 75.6. The molecule has 1 aromatic heterocycles. The second-order valence-corrected chi connectivity index (χ2v) is 17.3. The van der Waals surface area contributed by atoms with Crippen LogP contribution in [0.25, 0.3) is 86.9 Å². The standard InChI is InChI=1S/C57H41NS/c1-57(2)52-35-42(40-23-21-39(22-24-40)37-13-5-3-6-14-37)26-30-46(52)47-31-28-44(36-53(47)57)58-54-19-11-9-17-48(54)45-29-25-41(38-15-7-4-8-16-38)33-50(45)43-27-32-56-51(34-43)49-18-10-12-20-55(49)59-56/h3-36,58H,1-2H3. The molecule has 11 rings (SSSR count). The van der Waals surface area contributed by atoms with Crippen LogP contribution in [-0.2, 0) is 5.41 Å². The second-order valence-electron chi connectivity index (χ2n) is 16.2. The lowest BCUT2D eigenvalue weighted by Crippen LogP contribution is -2.15. The maximum Gasteiger partial charge on any atom is 0.0464 e. The summed E-state index contributed by atoms with van der Waals surface area (Å²) < 4.78 is 2.63. The van der Waals surface area contributed by atoms with E-state index in [0.29, 0.717) is 0 Å². The molecule has 280 valence electrons. The van der Waals surface area contributed by atoms with Crippen LogP contribution in [0.4, 0.5) is 11.4 Å². The van der Waals surface area contributed by atoms with Gasteiger partial charge in [0, 0.05) is 42.5 Å². The van der Waals surface area contributed by atoms with Crippen molar-refractivity contribution in [3.05, 3.63) is 217 Å². The number of hydrogen-bond acceptors (Lipinski definition) is 2. The van der Waals surface area contributed by atoms with E-state index in [1.807, 2.05) is 11.3 Å². The van der Waals surface area contributed by atoms with Crippen molar-refractivity contribution >= 4 is 42.9 Å². The molecule has 0 amide bonds. The van der Waals surface area contributed by atoms with Gasteiger partial charge >= 0.3 is 0 Å². The summed E-state index contributed by atoms with van der Waals surface area (Å²) in [7, 11) is 0. The van der Waals surface area contributed by atoms with Gasteiger partial charge in [-0.1, -0.05) is 172 Å².